The van der Waals surface area contributed by atoms with E-state index < -0.39 is 0 Å². The van der Waals surface area contributed by atoms with Gasteiger partial charge in [0.2, 0.25) is 11.8 Å². The van der Waals surface area contributed by atoms with Gasteiger partial charge in [-0.1, -0.05) is 20.8 Å². The summed E-state index contributed by atoms with van der Waals surface area (Å²) in [5.74, 6) is 2.31. The van der Waals surface area contributed by atoms with Gasteiger partial charge in [-0.3, -0.25) is 9.59 Å². The van der Waals surface area contributed by atoms with Crippen LogP contribution in [0.25, 0.3) is 0 Å². The molecule has 4 nitrogen and oxygen atoms in total. The molecule has 0 saturated heterocycles. The zero-order valence-corrected chi connectivity index (χ0v) is 14.5. The molecule has 0 atom stereocenters. The highest BCUT2D eigenvalue weighted by Gasteiger charge is 2.03. The maximum absolute atomic E-state index is 11.4. The fourth-order valence-electron chi connectivity index (χ4n) is 1.42. The van der Waals surface area contributed by atoms with Gasteiger partial charge in [-0.15, -0.1) is 11.8 Å². The zero-order chi connectivity index (χ0) is 15.2. The van der Waals surface area contributed by atoms with Crippen molar-refractivity contribution in [2.24, 2.45) is 0 Å². The Hall–Kier alpha value is -0.360. The van der Waals surface area contributed by atoms with Gasteiger partial charge in [-0.25, -0.2) is 0 Å². The monoisotopic (exact) mass is 320 g/mol. The summed E-state index contributed by atoms with van der Waals surface area (Å²) < 4.78 is 0. The predicted molar refractivity (Wildman–Crippen MR) is 90.5 cm³/mol. The molecule has 0 unspecified atom stereocenters. The van der Waals surface area contributed by atoms with Crippen molar-refractivity contribution >= 4 is 35.3 Å². The first kappa shape index (κ1) is 19.6. The Kier molecular flexibility index (Phi) is 13.4. The van der Waals surface area contributed by atoms with E-state index in [0.717, 1.165) is 38.1 Å². The largest absolute Gasteiger partial charge is 0.355 e. The highest BCUT2D eigenvalue weighted by atomic mass is 32.2. The summed E-state index contributed by atoms with van der Waals surface area (Å²) in [5, 5.41) is 6.31. The molecule has 0 aromatic carbocycles. The molecule has 6 heteroatoms. The van der Waals surface area contributed by atoms with E-state index in [0.29, 0.717) is 16.8 Å². The van der Waals surface area contributed by atoms with E-state index >= 15 is 0 Å². The SMILES string of the molecule is CCSCC(=O)NCCCCCNC(=O)CSC(C)C. The third-order valence-corrected chi connectivity index (χ3v) is 4.45. The minimum absolute atomic E-state index is 0.119. The van der Waals surface area contributed by atoms with Crippen LogP contribution in [0.15, 0.2) is 0 Å². The smallest absolute Gasteiger partial charge is 0.230 e. The molecule has 20 heavy (non-hydrogen) atoms. The standard InChI is InChI=1S/C14H28N2O2S2/c1-4-19-10-13(17)15-8-6-5-7-9-16-14(18)11-20-12(2)3/h12H,4-11H2,1-3H3,(H,15,17)(H,16,18). The van der Waals surface area contributed by atoms with Crippen LogP contribution < -0.4 is 10.6 Å². The number of amides is 2. The maximum atomic E-state index is 11.4. The summed E-state index contributed by atoms with van der Waals surface area (Å²) in [6.45, 7) is 7.69. The van der Waals surface area contributed by atoms with Crippen LogP contribution in [-0.4, -0.2) is 47.4 Å². The minimum Gasteiger partial charge on any atom is -0.355 e. The first-order valence-corrected chi connectivity index (χ1v) is 9.49. The van der Waals surface area contributed by atoms with Crippen LogP contribution in [0, 0.1) is 0 Å². The molecule has 0 bridgehead atoms. The van der Waals surface area contributed by atoms with Gasteiger partial charge in [-0.2, -0.15) is 11.8 Å². The number of carbonyl (C=O) groups excluding carboxylic acids is 2. The summed E-state index contributed by atoms with van der Waals surface area (Å²) in [6, 6.07) is 0. The summed E-state index contributed by atoms with van der Waals surface area (Å²) in [5.41, 5.74) is 0. The molecular weight excluding hydrogens is 292 g/mol. The summed E-state index contributed by atoms with van der Waals surface area (Å²) in [4.78, 5) is 22.8. The number of hydrogen-bond acceptors (Lipinski definition) is 4. The van der Waals surface area contributed by atoms with Crippen molar-refractivity contribution in [2.75, 3.05) is 30.3 Å². The van der Waals surface area contributed by atoms with Gasteiger partial charge in [0.05, 0.1) is 11.5 Å². The molecule has 0 spiro atoms. The number of rotatable bonds is 12. The molecule has 0 aromatic heterocycles. The van der Waals surface area contributed by atoms with Gasteiger partial charge in [0.25, 0.3) is 0 Å². The van der Waals surface area contributed by atoms with Crippen molar-refractivity contribution in [3.05, 3.63) is 0 Å². The van der Waals surface area contributed by atoms with E-state index in [1.54, 1.807) is 23.5 Å². The predicted octanol–water partition coefficient (Wildman–Crippen LogP) is 2.28. The van der Waals surface area contributed by atoms with E-state index in [2.05, 4.69) is 24.5 Å². The van der Waals surface area contributed by atoms with Crippen LogP contribution in [0.5, 0.6) is 0 Å². The van der Waals surface area contributed by atoms with E-state index in [1.807, 2.05) is 6.92 Å². The van der Waals surface area contributed by atoms with Gasteiger partial charge >= 0.3 is 0 Å². The fourth-order valence-corrected chi connectivity index (χ4v) is 2.50. The Bertz CT molecular complexity index is 274. The number of carbonyl (C=O) groups is 2. The Morgan fingerprint density at radius 3 is 2.00 bits per heavy atom. The number of hydrogen-bond donors (Lipinski definition) is 2. The number of unbranched alkanes of at least 4 members (excludes halogenated alkanes) is 2. The third-order valence-electron chi connectivity index (χ3n) is 2.48. The third kappa shape index (κ3) is 14.1. The molecule has 2 N–H and O–H groups in total. The lowest BCUT2D eigenvalue weighted by Crippen LogP contribution is -2.27. The van der Waals surface area contributed by atoms with Crippen LogP contribution in [0.3, 0.4) is 0 Å². The molecule has 2 amide bonds. The zero-order valence-electron chi connectivity index (χ0n) is 12.9. The second-order valence-electron chi connectivity index (χ2n) is 4.76. The molecule has 0 rings (SSSR count). The maximum Gasteiger partial charge on any atom is 0.230 e. The number of thioether (sulfide) groups is 2. The second kappa shape index (κ2) is 13.6. The quantitative estimate of drug-likeness (QED) is 0.542. The van der Waals surface area contributed by atoms with E-state index in [4.69, 9.17) is 0 Å². The fraction of sp³-hybridized carbons (Fsp3) is 0.857. The Balaban J connectivity index is 3.28. The van der Waals surface area contributed by atoms with Gasteiger partial charge in [-0.05, 0) is 30.3 Å². The van der Waals surface area contributed by atoms with Crippen LogP contribution in [-0.2, 0) is 9.59 Å². The lowest BCUT2D eigenvalue weighted by molar-refractivity contribution is -0.119. The van der Waals surface area contributed by atoms with Crippen LogP contribution in [0.2, 0.25) is 0 Å². The Morgan fingerprint density at radius 2 is 1.50 bits per heavy atom. The summed E-state index contributed by atoms with van der Waals surface area (Å²) in [6.07, 6.45) is 2.97. The lowest BCUT2D eigenvalue weighted by atomic mass is 10.2. The molecular formula is C14H28N2O2S2. The van der Waals surface area contributed by atoms with E-state index in [-0.39, 0.29) is 11.8 Å². The molecule has 0 aromatic rings. The van der Waals surface area contributed by atoms with Gasteiger partial charge in [0, 0.05) is 13.1 Å². The second-order valence-corrected chi connectivity index (χ2v) is 7.60. The minimum atomic E-state index is 0.119. The van der Waals surface area contributed by atoms with Gasteiger partial charge in [0.15, 0.2) is 0 Å². The Labute approximate surface area is 131 Å². The molecule has 0 saturated carbocycles. The first-order valence-electron chi connectivity index (χ1n) is 7.29. The molecule has 0 aliphatic carbocycles. The van der Waals surface area contributed by atoms with Gasteiger partial charge < -0.3 is 10.6 Å². The molecule has 0 heterocycles. The topological polar surface area (TPSA) is 58.2 Å². The number of nitrogens with one attached hydrogen (secondary N) is 2. The van der Waals surface area contributed by atoms with Crippen molar-refractivity contribution in [3.8, 4) is 0 Å². The highest BCUT2D eigenvalue weighted by molar-refractivity contribution is 8.00. The van der Waals surface area contributed by atoms with Crippen molar-refractivity contribution in [3.63, 3.8) is 0 Å². The summed E-state index contributed by atoms with van der Waals surface area (Å²) >= 11 is 3.30. The first-order chi connectivity index (χ1) is 9.56. The molecule has 0 radical (unpaired) electrons. The van der Waals surface area contributed by atoms with E-state index in [9.17, 15) is 9.59 Å². The molecule has 0 aliphatic rings. The van der Waals surface area contributed by atoms with Crippen molar-refractivity contribution in [2.45, 2.75) is 45.3 Å². The van der Waals surface area contributed by atoms with Crippen molar-refractivity contribution in [1.29, 1.82) is 0 Å². The Morgan fingerprint density at radius 1 is 0.950 bits per heavy atom. The van der Waals surface area contributed by atoms with Gasteiger partial charge in [0.1, 0.15) is 0 Å². The van der Waals surface area contributed by atoms with Crippen LogP contribution in [0.1, 0.15) is 40.0 Å². The van der Waals surface area contributed by atoms with Crippen molar-refractivity contribution < 1.29 is 9.59 Å². The van der Waals surface area contributed by atoms with Crippen LogP contribution in [0.4, 0.5) is 0 Å². The average Bonchev–Trinajstić information content (AvgIpc) is 2.41. The summed E-state index contributed by atoms with van der Waals surface area (Å²) in [7, 11) is 0. The van der Waals surface area contributed by atoms with Crippen LogP contribution >= 0.6 is 23.5 Å². The van der Waals surface area contributed by atoms with E-state index in [1.165, 1.54) is 0 Å². The highest BCUT2D eigenvalue weighted by Crippen LogP contribution is 2.07. The van der Waals surface area contributed by atoms with Crippen molar-refractivity contribution in [1.82, 2.24) is 10.6 Å². The normalized spacial score (nSPS) is 10.6. The molecule has 0 fully saturated rings. The lowest BCUT2D eigenvalue weighted by Gasteiger charge is -2.07. The molecule has 0 aliphatic heterocycles. The molecule has 118 valence electrons. The average molecular weight is 321 g/mol.